The molecule has 0 spiro atoms. The van der Waals surface area contributed by atoms with Crippen molar-refractivity contribution >= 4 is 17.9 Å². The third-order valence-corrected chi connectivity index (χ3v) is 13.3. The van der Waals surface area contributed by atoms with Gasteiger partial charge in [0.2, 0.25) is 0 Å². The van der Waals surface area contributed by atoms with Crippen LogP contribution in [-0.4, -0.2) is 37.2 Å². The van der Waals surface area contributed by atoms with Gasteiger partial charge in [-0.05, 0) is 96.3 Å². The Morgan fingerprint density at radius 1 is 0.284 bits per heavy atom. The van der Waals surface area contributed by atoms with Crippen LogP contribution in [0.3, 0.4) is 0 Å². The Labute approximate surface area is 457 Å². The van der Waals surface area contributed by atoms with Crippen LogP contribution in [0.4, 0.5) is 0 Å². The molecule has 0 amide bonds. The first-order valence-corrected chi connectivity index (χ1v) is 31.2. The molecule has 0 saturated heterocycles. The zero-order valence-corrected chi connectivity index (χ0v) is 48.6. The van der Waals surface area contributed by atoms with Crippen molar-refractivity contribution in [2.45, 2.75) is 303 Å². The van der Waals surface area contributed by atoms with Gasteiger partial charge in [-0.1, -0.05) is 279 Å². The molecule has 0 aliphatic heterocycles. The zero-order chi connectivity index (χ0) is 53.6. The van der Waals surface area contributed by atoms with E-state index in [1.807, 2.05) is 0 Å². The van der Waals surface area contributed by atoms with Crippen LogP contribution in [0.1, 0.15) is 297 Å². The molecule has 6 heteroatoms. The number of ether oxygens (including phenoxy) is 3. The van der Waals surface area contributed by atoms with Gasteiger partial charge in [-0.25, -0.2) is 0 Å². The molecule has 0 aliphatic carbocycles. The Morgan fingerprint density at radius 3 is 0.824 bits per heavy atom. The molecule has 0 heterocycles. The summed E-state index contributed by atoms with van der Waals surface area (Å²) in [5.74, 6) is -0.984. The molecule has 0 aliphatic rings. The fourth-order valence-corrected chi connectivity index (χ4v) is 8.72. The lowest BCUT2D eigenvalue weighted by atomic mass is 10.0. The molecule has 1 atom stereocenters. The number of carbonyl (C=O) groups is 3. The van der Waals surface area contributed by atoms with Gasteiger partial charge in [-0.2, -0.15) is 0 Å². The summed E-state index contributed by atoms with van der Waals surface area (Å²) in [5.41, 5.74) is 0. The van der Waals surface area contributed by atoms with E-state index in [2.05, 4.69) is 118 Å². The van der Waals surface area contributed by atoms with Gasteiger partial charge in [0, 0.05) is 19.3 Å². The minimum absolute atomic E-state index is 0.106. The van der Waals surface area contributed by atoms with Gasteiger partial charge < -0.3 is 14.2 Å². The first kappa shape index (κ1) is 70.3. The second kappa shape index (κ2) is 61.9. The molecule has 0 saturated carbocycles. The van der Waals surface area contributed by atoms with Gasteiger partial charge in [0.05, 0.1) is 0 Å². The lowest BCUT2D eigenvalue weighted by Crippen LogP contribution is -2.30. The van der Waals surface area contributed by atoms with E-state index in [4.69, 9.17) is 14.2 Å². The van der Waals surface area contributed by atoms with Crippen molar-refractivity contribution in [3.8, 4) is 0 Å². The Balaban J connectivity index is 4.32. The van der Waals surface area contributed by atoms with Crippen LogP contribution in [-0.2, 0) is 28.6 Å². The predicted molar refractivity (Wildman–Crippen MR) is 320 cm³/mol. The molecule has 424 valence electrons. The second-order valence-electron chi connectivity index (χ2n) is 20.6. The van der Waals surface area contributed by atoms with Crippen molar-refractivity contribution in [2.75, 3.05) is 13.2 Å². The Bertz CT molecular complexity index is 1460. The number of unbranched alkanes of at least 4 members (excludes halogenated alkanes) is 29. The third kappa shape index (κ3) is 59.2. The van der Waals surface area contributed by atoms with E-state index in [9.17, 15) is 14.4 Å². The highest BCUT2D eigenvalue weighted by Gasteiger charge is 2.19. The maximum Gasteiger partial charge on any atom is 0.306 e. The number of carbonyl (C=O) groups excluding carboxylic acids is 3. The highest BCUT2D eigenvalue weighted by molar-refractivity contribution is 5.71. The Morgan fingerprint density at radius 2 is 0.527 bits per heavy atom. The summed E-state index contributed by atoms with van der Waals surface area (Å²) in [6.07, 6.45) is 82.9. The average molecular weight is 1030 g/mol. The Kier molecular flexibility index (Phi) is 58.8. The van der Waals surface area contributed by atoms with Gasteiger partial charge in [-0.3, -0.25) is 14.4 Å². The number of rotatable bonds is 56. The molecule has 0 fully saturated rings. The fraction of sp³-hybridized carbons (Fsp3) is 0.721. The average Bonchev–Trinajstić information content (AvgIpc) is 3.40. The summed E-state index contributed by atoms with van der Waals surface area (Å²) < 4.78 is 16.8. The molecule has 0 radical (unpaired) electrons. The van der Waals surface area contributed by atoms with Crippen LogP contribution in [0, 0.1) is 0 Å². The summed E-state index contributed by atoms with van der Waals surface area (Å²) >= 11 is 0. The van der Waals surface area contributed by atoms with Crippen molar-refractivity contribution in [3.05, 3.63) is 97.2 Å². The monoisotopic (exact) mass is 1030 g/mol. The molecule has 0 bridgehead atoms. The quantitative estimate of drug-likeness (QED) is 0.0261. The topological polar surface area (TPSA) is 78.9 Å². The zero-order valence-electron chi connectivity index (χ0n) is 48.6. The fourth-order valence-electron chi connectivity index (χ4n) is 8.72. The normalized spacial score (nSPS) is 12.7. The lowest BCUT2D eigenvalue weighted by Gasteiger charge is -2.18. The van der Waals surface area contributed by atoms with Gasteiger partial charge >= 0.3 is 17.9 Å². The molecule has 0 aromatic carbocycles. The largest absolute Gasteiger partial charge is 0.462 e. The van der Waals surface area contributed by atoms with Crippen molar-refractivity contribution < 1.29 is 28.6 Å². The summed E-state index contributed by atoms with van der Waals surface area (Å²) in [5, 5.41) is 0. The van der Waals surface area contributed by atoms with E-state index in [1.54, 1.807) is 0 Å². The van der Waals surface area contributed by atoms with E-state index in [0.717, 1.165) is 96.3 Å². The molecule has 0 aromatic rings. The summed E-state index contributed by atoms with van der Waals surface area (Å²) in [4.78, 5) is 38.2. The number of hydrogen-bond donors (Lipinski definition) is 0. The van der Waals surface area contributed by atoms with Crippen molar-refractivity contribution in [1.29, 1.82) is 0 Å². The van der Waals surface area contributed by atoms with E-state index in [0.29, 0.717) is 25.7 Å². The summed E-state index contributed by atoms with van der Waals surface area (Å²) in [7, 11) is 0. The van der Waals surface area contributed by atoms with E-state index >= 15 is 0 Å². The van der Waals surface area contributed by atoms with Crippen LogP contribution >= 0.6 is 0 Å². The molecule has 0 aromatic heterocycles. The Hall–Kier alpha value is -3.67. The highest BCUT2D eigenvalue weighted by atomic mass is 16.6. The van der Waals surface area contributed by atoms with Crippen LogP contribution < -0.4 is 0 Å². The minimum Gasteiger partial charge on any atom is -0.462 e. The standard InChI is InChI=1S/C68H116O6/c1-4-7-10-13-16-19-22-25-28-29-30-31-32-33-34-35-36-37-38-41-43-46-49-52-55-58-61-67(70)73-64-65(74-68(71)62-59-56-53-50-47-44-40-27-24-21-18-15-12-9-6-3)63-72-66(69)60-57-54-51-48-45-42-39-26-23-20-17-14-11-8-5-2/h8-9,11-12,17-18,20-21,26-27,39-40,45,47-48,50,65H,4-7,10,13-16,19,22-25,28-38,41-44,46,49,51-64H2,1-3H3/b11-8-,12-9-,20-17-,21-18-,39-26-,40-27-,48-45-,50-47-. The predicted octanol–water partition coefficient (Wildman–Crippen LogP) is 21.3. The molecular weight excluding hydrogens is 913 g/mol. The highest BCUT2D eigenvalue weighted by Crippen LogP contribution is 2.17. The minimum atomic E-state index is -0.817. The van der Waals surface area contributed by atoms with Gasteiger partial charge in [0.15, 0.2) is 6.10 Å². The maximum absolute atomic E-state index is 12.8. The first-order chi connectivity index (χ1) is 36.5. The van der Waals surface area contributed by atoms with Crippen LogP contribution in [0.5, 0.6) is 0 Å². The molecule has 1 unspecified atom stereocenters. The molecule has 6 nitrogen and oxygen atoms in total. The third-order valence-electron chi connectivity index (χ3n) is 13.3. The SMILES string of the molecule is CC/C=C\C/C=C\C/C=C\C/C=C\CCCCC(=O)OCC(COC(=O)CCCCCCCCCCCCCCCCCCCCCCCCCCCC)OC(=O)CCCC/C=C\C/C=C\C/C=C\C/C=C\CC. The van der Waals surface area contributed by atoms with Gasteiger partial charge in [0.25, 0.3) is 0 Å². The van der Waals surface area contributed by atoms with Crippen LogP contribution in [0.25, 0.3) is 0 Å². The van der Waals surface area contributed by atoms with E-state index in [-0.39, 0.29) is 37.5 Å². The smallest absolute Gasteiger partial charge is 0.306 e. The summed E-state index contributed by atoms with van der Waals surface area (Å²) in [6.45, 7) is 6.37. The van der Waals surface area contributed by atoms with Crippen molar-refractivity contribution in [3.63, 3.8) is 0 Å². The number of esters is 3. The van der Waals surface area contributed by atoms with Gasteiger partial charge in [0.1, 0.15) is 13.2 Å². The number of allylic oxidation sites excluding steroid dienone is 16. The molecule has 74 heavy (non-hydrogen) atoms. The van der Waals surface area contributed by atoms with E-state index in [1.165, 1.54) is 148 Å². The van der Waals surface area contributed by atoms with Gasteiger partial charge in [-0.15, -0.1) is 0 Å². The second-order valence-corrected chi connectivity index (χ2v) is 20.6. The first-order valence-electron chi connectivity index (χ1n) is 31.2. The van der Waals surface area contributed by atoms with Crippen LogP contribution in [0.2, 0.25) is 0 Å². The lowest BCUT2D eigenvalue weighted by molar-refractivity contribution is -0.167. The molecular formula is C68H116O6. The van der Waals surface area contributed by atoms with Crippen molar-refractivity contribution in [1.82, 2.24) is 0 Å². The van der Waals surface area contributed by atoms with Crippen molar-refractivity contribution in [2.24, 2.45) is 0 Å². The molecule has 0 rings (SSSR count). The molecule has 0 N–H and O–H groups in total. The summed E-state index contributed by atoms with van der Waals surface area (Å²) in [6, 6.07) is 0. The van der Waals surface area contributed by atoms with E-state index < -0.39 is 6.10 Å². The van der Waals surface area contributed by atoms with Crippen LogP contribution in [0.15, 0.2) is 97.2 Å². The maximum atomic E-state index is 12.8. The number of hydrogen-bond acceptors (Lipinski definition) is 6.